The third kappa shape index (κ3) is 4.94. The molecule has 0 bridgehead atoms. The van der Waals surface area contributed by atoms with Gasteiger partial charge in [0.1, 0.15) is 17.6 Å². The van der Waals surface area contributed by atoms with E-state index >= 15 is 0 Å². The summed E-state index contributed by atoms with van der Waals surface area (Å²) >= 11 is 0. The number of pyridine rings is 1. The molecule has 0 spiro atoms. The Morgan fingerprint density at radius 1 is 1.44 bits per heavy atom. The molecule has 146 valence electrons. The Morgan fingerprint density at radius 2 is 2.30 bits per heavy atom. The summed E-state index contributed by atoms with van der Waals surface area (Å²) in [4.78, 5) is 18.0. The van der Waals surface area contributed by atoms with Crippen molar-refractivity contribution < 1.29 is 27.5 Å². The standard InChI is InChI=1S/C18H21F2N3O4/c1-2-13-3-4-15(26-13)14-11-25-8-7-23(14)18(24)22-10-12-5-6-21-16(9-12)27-17(19)20/h3-6,9,14,17H,2,7-8,10-11H2,1H3,(H,22,24). The fourth-order valence-electron chi connectivity index (χ4n) is 2.84. The normalized spacial score (nSPS) is 17.2. The number of aromatic nitrogens is 1. The second kappa shape index (κ2) is 8.81. The minimum atomic E-state index is -2.95. The monoisotopic (exact) mass is 381 g/mol. The Bertz CT molecular complexity index is 769. The van der Waals surface area contributed by atoms with E-state index in [4.69, 9.17) is 9.15 Å². The van der Waals surface area contributed by atoms with Gasteiger partial charge in [-0.1, -0.05) is 6.92 Å². The fourth-order valence-corrected chi connectivity index (χ4v) is 2.84. The average Bonchev–Trinajstić information content (AvgIpc) is 3.15. The number of halogens is 2. The Kier molecular flexibility index (Phi) is 6.23. The van der Waals surface area contributed by atoms with Gasteiger partial charge in [0.25, 0.3) is 0 Å². The van der Waals surface area contributed by atoms with E-state index in [-0.39, 0.29) is 24.5 Å². The Labute approximate surface area is 155 Å². The van der Waals surface area contributed by atoms with Crippen LogP contribution in [0.3, 0.4) is 0 Å². The van der Waals surface area contributed by atoms with E-state index in [1.54, 1.807) is 11.0 Å². The van der Waals surface area contributed by atoms with Crippen LogP contribution in [0.5, 0.6) is 5.88 Å². The van der Waals surface area contributed by atoms with Crippen LogP contribution in [-0.4, -0.2) is 42.3 Å². The average molecular weight is 381 g/mol. The van der Waals surface area contributed by atoms with Crippen molar-refractivity contribution in [3.05, 3.63) is 47.5 Å². The molecule has 3 heterocycles. The molecule has 2 aromatic rings. The molecule has 1 aliphatic rings. The number of urea groups is 1. The van der Waals surface area contributed by atoms with Gasteiger partial charge in [-0.25, -0.2) is 9.78 Å². The van der Waals surface area contributed by atoms with E-state index in [2.05, 4.69) is 15.0 Å². The van der Waals surface area contributed by atoms with Gasteiger partial charge in [0.05, 0.1) is 13.2 Å². The maximum Gasteiger partial charge on any atom is 0.388 e. The van der Waals surface area contributed by atoms with Gasteiger partial charge in [-0.05, 0) is 23.8 Å². The van der Waals surface area contributed by atoms with Crippen molar-refractivity contribution in [3.63, 3.8) is 0 Å². The van der Waals surface area contributed by atoms with Crippen LogP contribution in [0.4, 0.5) is 13.6 Å². The van der Waals surface area contributed by atoms with Gasteiger partial charge in [0.15, 0.2) is 0 Å². The quantitative estimate of drug-likeness (QED) is 0.832. The van der Waals surface area contributed by atoms with Crippen molar-refractivity contribution in [1.82, 2.24) is 15.2 Å². The molecule has 0 aromatic carbocycles. The van der Waals surface area contributed by atoms with Crippen molar-refractivity contribution in [2.45, 2.75) is 32.5 Å². The molecule has 1 atom stereocenters. The van der Waals surface area contributed by atoms with E-state index in [9.17, 15) is 13.6 Å². The summed E-state index contributed by atoms with van der Waals surface area (Å²) in [6.45, 7) is 0.417. The molecule has 7 nitrogen and oxygen atoms in total. The van der Waals surface area contributed by atoms with E-state index in [1.165, 1.54) is 12.3 Å². The number of alkyl halides is 2. The Morgan fingerprint density at radius 3 is 3.04 bits per heavy atom. The van der Waals surface area contributed by atoms with Crippen LogP contribution in [0.25, 0.3) is 0 Å². The number of carbonyl (C=O) groups is 1. The minimum Gasteiger partial charge on any atom is -0.464 e. The third-order valence-electron chi connectivity index (χ3n) is 4.20. The molecule has 0 aliphatic carbocycles. The zero-order valence-corrected chi connectivity index (χ0v) is 14.9. The summed E-state index contributed by atoms with van der Waals surface area (Å²) in [5.74, 6) is 1.33. The molecule has 2 aromatic heterocycles. The van der Waals surface area contributed by atoms with Gasteiger partial charge < -0.3 is 24.1 Å². The lowest BCUT2D eigenvalue weighted by Crippen LogP contribution is -2.47. The smallest absolute Gasteiger partial charge is 0.388 e. The summed E-state index contributed by atoms with van der Waals surface area (Å²) in [5.41, 5.74) is 0.602. The van der Waals surface area contributed by atoms with Crippen molar-refractivity contribution in [1.29, 1.82) is 0 Å². The van der Waals surface area contributed by atoms with Gasteiger partial charge in [-0.15, -0.1) is 0 Å². The van der Waals surface area contributed by atoms with E-state index < -0.39 is 6.61 Å². The number of aryl methyl sites for hydroxylation is 1. The lowest BCUT2D eigenvalue weighted by Gasteiger charge is -2.34. The Hall–Kier alpha value is -2.68. The van der Waals surface area contributed by atoms with Crippen LogP contribution in [0.15, 0.2) is 34.9 Å². The first-order valence-corrected chi connectivity index (χ1v) is 8.67. The first-order valence-electron chi connectivity index (χ1n) is 8.67. The maximum absolute atomic E-state index is 12.6. The van der Waals surface area contributed by atoms with Crippen molar-refractivity contribution in [2.75, 3.05) is 19.8 Å². The number of carbonyl (C=O) groups excluding carboxylic acids is 1. The van der Waals surface area contributed by atoms with Gasteiger partial charge in [0, 0.05) is 31.8 Å². The Balaban J connectivity index is 1.63. The highest BCUT2D eigenvalue weighted by Crippen LogP contribution is 2.26. The summed E-state index contributed by atoms with van der Waals surface area (Å²) in [6, 6.07) is 6.13. The van der Waals surface area contributed by atoms with Crippen LogP contribution in [0.2, 0.25) is 0 Å². The number of hydrogen-bond donors (Lipinski definition) is 1. The van der Waals surface area contributed by atoms with Crippen molar-refractivity contribution >= 4 is 6.03 Å². The molecule has 2 amide bonds. The van der Waals surface area contributed by atoms with Gasteiger partial charge >= 0.3 is 12.6 Å². The predicted octanol–water partition coefficient (Wildman–Crippen LogP) is 3.12. The van der Waals surface area contributed by atoms with Crippen LogP contribution in [0, 0.1) is 0 Å². The van der Waals surface area contributed by atoms with Crippen molar-refractivity contribution in [2.24, 2.45) is 0 Å². The first kappa shape index (κ1) is 19.1. The molecule has 1 unspecified atom stereocenters. The van der Waals surface area contributed by atoms with Crippen molar-refractivity contribution in [3.8, 4) is 5.88 Å². The zero-order chi connectivity index (χ0) is 19.2. The topological polar surface area (TPSA) is 76.8 Å². The number of ether oxygens (including phenoxy) is 2. The molecule has 1 fully saturated rings. The lowest BCUT2D eigenvalue weighted by molar-refractivity contribution is -0.0529. The number of nitrogens with zero attached hydrogens (tertiary/aromatic N) is 2. The summed E-state index contributed by atoms with van der Waals surface area (Å²) in [5, 5.41) is 2.79. The molecule has 0 radical (unpaired) electrons. The van der Waals surface area contributed by atoms with Crippen LogP contribution in [0.1, 0.15) is 30.0 Å². The maximum atomic E-state index is 12.6. The summed E-state index contributed by atoms with van der Waals surface area (Å²) in [6.07, 6.45) is 2.12. The first-order chi connectivity index (χ1) is 13.1. The van der Waals surface area contributed by atoms with Crippen LogP contribution in [-0.2, 0) is 17.7 Å². The molecule has 1 aliphatic heterocycles. The molecule has 0 saturated carbocycles. The molecule has 3 rings (SSSR count). The number of furan rings is 1. The summed E-state index contributed by atoms with van der Waals surface area (Å²) < 4.78 is 40.1. The number of amides is 2. The largest absolute Gasteiger partial charge is 0.464 e. The number of morpholine rings is 1. The lowest BCUT2D eigenvalue weighted by atomic mass is 10.2. The molecule has 27 heavy (non-hydrogen) atoms. The number of hydrogen-bond acceptors (Lipinski definition) is 5. The molecule has 1 N–H and O–H groups in total. The van der Waals surface area contributed by atoms with Gasteiger partial charge in [-0.2, -0.15) is 8.78 Å². The third-order valence-corrected chi connectivity index (χ3v) is 4.20. The van der Waals surface area contributed by atoms with Gasteiger partial charge in [-0.3, -0.25) is 0 Å². The van der Waals surface area contributed by atoms with Gasteiger partial charge in [0.2, 0.25) is 5.88 Å². The molecular formula is C18H21F2N3O4. The second-order valence-electron chi connectivity index (χ2n) is 5.98. The fraction of sp³-hybridized carbons (Fsp3) is 0.444. The molecule has 1 saturated heterocycles. The molecular weight excluding hydrogens is 360 g/mol. The van der Waals surface area contributed by atoms with E-state index in [0.29, 0.717) is 31.1 Å². The zero-order valence-electron chi connectivity index (χ0n) is 14.9. The highest BCUT2D eigenvalue weighted by atomic mass is 19.3. The SMILES string of the molecule is CCc1ccc(C2COCCN2C(=O)NCc2ccnc(OC(F)F)c2)o1. The molecule has 9 heteroatoms. The van der Waals surface area contributed by atoms with E-state index in [0.717, 1.165) is 12.2 Å². The van der Waals surface area contributed by atoms with Crippen LogP contribution >= 0.6 is 0 Å². The van der Waals surface area contributed by atoms with E-state index in [1.807, 2.05) is 19.1 Å². The summed E-state index contributed by atoms with van der Waals surface area (Å²) in [7, 11) is 0. The predicted molar refractivity (Wildman–Crippen MR) is 91.5 cm³/mol. The highest BCUT2D eigenvalue weighted by Gasteiger charge is 2.30. The highest BCUT2D eigenvalue weighted by molar-refractivity contribution is 5.74. The second-order valence-corrected chi connectivity index (χ2v) is 5.98. The minimum absolute atomic E-state index is 0.156. The van der Waals surface area contributed by atoms with Crippen LogP contribution < -0.4 is 10.1 Å². The number of nitrogens with one attached hydrogen (secondary N) is 1. The number of rotatable bonds is 6.